The van der Waals surface area contributed by atoms with E-state index in [4.69, 9.17) is 4.74 Å². The Labute approximate surface area is 142 Å². The van der Waals surface area contributed by atoms with Crippen LogP contribution in [0.15, 0.2) is 24.3 Å². The van der Waals surface area contributed by atoms with Crippen molar-refractivity contribution in [2.45, 2.75) is 91.1 Å². The number of carbonyl (C=O) groups is 1. The maximum atomic E-state index is 11.8. The lowest BCUT2D eigenvalue weighted by atomic mass is 10.1. The summed E-state index contributed by atoms with van der Waals surface area (Å²) in [5, 5.41) is 0. The van der Waals surface area contributed by atoms with Gasteiger partial charge in [0.15, 0.2) is 0 Å². The van der Waals surface area contributed by atoms with Gasteiger partial charge in [0.05, 0.1) is 0 Å². The molecular weight excluding hydrogens is 284 g/mol. The maximum Gasteiger partial charge on any atom is 0.306 e. The Morgan fingerprint density at radius 3 is 2.13 bits per heavy atom. The van der Waals surface area contributed by atoms with E-state index in [1.54, 1.807) is 0 Å². The molecule has 0 N–H and O–H groups in total. The summed E-state index contributed by atoms with van der Waals surface area (Å²) >= 11 is 0. The first-order chi connectivity index (χ1) is 11.3. The highest BCUT2D eigenvalue weighted by molar-refractivity contribution is 5.69. The quantitative estimate of drug-likeness (QED) is 0.319. The molecule has 0 amide bonds. The summed E-state index contributed by atoms with van der Waals surface area (Å²) in [5.74, 6) is -0.0603. The third-order valence-electron chi connectivity index (χ3n) is 4.28. The molecule has 0 radical (unpaired) electrons. The van der Waals surface area contributed by atoms with Gasteiger partial charge >= 0.3 is 5.97 Å². The monoisotopic (exact) mass is 318 g/mol. The minimum absolute atomic E-state index is 0.0603. The van der Waals surface area contributed by atoms with E-state index in [0.717, 1.165) is 24.8 Å². The number of hydrogen-bond donors (Lipinski definition) is 0. The molecule has 23 heavy (non-hydrogen) atoms. The van der Waals surface area contributed by atoms with Crippen LogP contribution in [0.3, 0.4) is 0 Å². The van der Waals surface area contributed by atoms with Crippen LogP contribution in [0.4, 0.5) is 0 Å². The minimum Gasteiger partial charge on any atom is -0.461 e. The predicted octanol–water partition coefficient (Wildman–Crippen LogP) is 6.21. The van der Waals surface area contributed by atoms with E-state index in [1.165, 1.54) is 50.5 Å². The van der Waals surface area contributed by atoms with Gasteiger partial charge in [-0.2, -0.15) is 0 Å². The van der Waals surface area contributed by atoms with Gasteiger partial charge in [-0.3, -0.25) is 4.79 Å². The summed E-state index contributed by atoms with van der Waals surface area (Å²) in [5.41, 5.74) is 2.38. The second-order valence-electron chi connectivity index (χ2n) is 6.41. The highest BCUT2D eigenvalue weighted by Gasteiger charge is 2.04. The van der Waals surface area contributed by atoms with E-state index in [9.17, 15) is 4.79 Å². The third-order valence-corrected chi connectivity index (χ3v) is 4.28. The second kappa shape index (κ2) is 13.2. The van der Waals surface area contributed by atoms with Crippen molar-refractivity contribution in [3.63, 3.8) is 0 Å². The lowest BCUT2D eigenvalue weighted by Crippen LogP contribution is -2.04. The molecule has 2 nitrogen and oxygen atoms in total. The molecule has 0 aliphatic rings. The highest BCUT2D eigenvalue weighted by atomic mass is 16.5. The van der Waals surface area contributed by atoms with Crippen LogP contribution in [-0.4, -0.2) is 5.97 Å². The number of esters is 1. The smallest absolute Gasteiger partial charge is 0.306 e. The molecule has 0 aliphatic carbocycles. The fraction of sp³-hybridized carbons (Fsp3) is 0.667. The molecule has 0 aromatic heterocycles. The van der Waals surface area contributed by atoms with Crippen molar-refractivity contribution >= 4 is 5.97 Å². The number of benzene rings is 1. The zero-order valence-corrected chi connectivity index (χ0v) is 15.1. The summed E-state index contributed by atoms with van der Waals surface area (Å²) < 4.78 is 5.36. The van der Waals surface area contributed by atoms with Gasteiger partial charge in [0, 0.05) is 6.42 Å². The van der Waals surface area contributed by atoms with Gasteiger partial charge < -0.3 is 4.74 Å². The Kier molecular flexibility index (Phi) is 11.3. The van der Waals surface area contributed by atoms with Crippen LogP contribution < -0.4 is 0 Å². The zero-order chi connectivity index (χ0) is 16.8. The van der Waals surface area contributed by atoms with E-state index < -0.39 is 0 Å². The Balaban J connectivity index is 2.00. The van der Waals surface area contributed by atoms with Crippen LogP contribution >= 0.6 is 0 Å². The number of rotatable bonds is 13. The molecule has 1 rings (SSSR count). The van der Waals surface area contributed by atoms with Crippen LogP contribution in [0.25, 0.3) is 0 Å². The molecule has 0 bridgehead atoms. The fourth-order valence-corrected chi connectivity index (χ4v) is 2.76. The summed E-state index contributed by atoms with van der Waals surface area (Å²) in [7, 11) is 0. The molecular formula is C21H34O2. The predicted molar refractivity (Wildman–Crippen MR) is 97.5 cm³/mol. The van der Waals surface area contributed by atoms with Crippen LogP contribution in [-0.2, 0) is 22.6 Å². The van der Waals surface area contributed by atoms with Crippen molar-refractivity contribution in [3.05, 3.63) is 35.4 Å². The van der Waals surface area contributed by atoms with Crippen molar-refractivity contribution in [2.24, 2.45) is 0 Å². The molecule has 0 fully saturated rings. The van der Waals surface area contributed by atoms with E-state index in [0.29, 0.717) is 13.0 Å². The molecule has 1 aromatic carbocycles. The molecule has 0 saturated heterocycles. The van der Waals surface area contributed by atoms with Crippen LogP contribution in [0, 0.1) is 0 Å². The average molecular weight is 319 g/mol. The van der Waals surface area contributed by atoms with Crippen molar-refractivity contribution < 1.29 is 9.53 Å². The molecule has 0 unspecified atom stereocenters. The SMILES string of the molecule is CCCCCCCCCCCC(=O)OCc1cccc(CC)c1. The van der Waals surface area contributed by atoms with Gasteiger partial charge in [0.1, 0.15) is 6.61 Å². The molecule has 0 atom stereocenters. The largest absolute Gasteiger partial charge is 0.461 e. The third kappa shape index (κ3) is 10.1. The fourth-order valence-electron chi connectivity index (χ4n) is 2.76. The van der Waals surface area contributed by atoms with Crippen LogP contribution in [0.2, 0.25) is 0 Å². The van der Waals surface area contributed by atoms with E-state index >= 15 is 0 Å². The number of unbranched alkanes of at least 4 members (excludes halogenated alkanes) is 8. The first kappa shape index (κ1) is 19.7. The number of hydrogen-bond acceptors (Lipinski definition) is 2. The molecule has 2 heteroatoms. The van der Waals surface area contributed by atoms with E-state index in [2.05, 4.69) is 26.0 Å². The zero-order valence-electron chi connectivity index (χ0n) is 15.1. The van der Waals surface area contributed by atoms with Gasteiger partial charge in [-0.25, -0.2) is 0 Å². The Morgan fingerprint density at radius 1 is 0.870 bits per heavy atom. The second-order valence-corrected chi connectivity index (χ2v) is 6.41. The molecule has 0 aliphatic heterocycles. The normalized spacial score (nSPS) is 10.7. The molecule has 0 spiro atoms. The molecule has 130 valence electrons. The summed E-state index contributed by atoms with van der Waals surface area (Å²) in [4.78, 5) is 11.8. The Hall–Kier alpha value is -1.31. The number of aryl methyl sites for hydroxylation is 1. The topological polar surface area (TPSA) is 26.3 Å². The summed E-state index contributed by atoms with van der Waals surface area (Å²) in [6.07, 6.45) is 13.0. The van der Waals surface area contributed by atoms with Gasteiger partial charge in [-0.15, -0.1) is 0 Å². The van der Waals surface area contributed by atoms with Crippen LogP contribution in [0.5, 0.6) is 0 Å². The Morgan fingerprint density at radius 2 is 1.48 bits per heavy atom. The summed E-state index contributed by atoms with van der Waals surface area (Å²) in [6.45, 7) is 4.79. The standard InChI is InChI=1S/C21H34O2/c1-3-5-6-7-8-9-10-11-12-16-21(22)23-18-20-15-13-14-19(4-2)17-20/h13-15,17H,3-12,16,18H2,1-2H3. The minimum atomic E-state index is -0.0603. The van der Waals surface area contributed by atoms with E-state index in [-0.39, 0.29) is 5.97 Å². The number of ether oxygens (including phenoxy) is 1. The van der Waals surface area contributed by atoms with Gasteiger partial charge in [-0.1, -0.05) is 89.5 Å². The average Bonchev–Trinajstić information content (AvgIpc) is 2.58. The van der Waals surface area contributed by atoms with Crippen molar-refractivity contribution in [2.75, 3.05) is 0 Å². The van der Waals surface area contributed by atoms with Crippen molar-refractivity contribution in [3.8, 4) is 0 Å². The van der Waals surface area contributed by atoms with Crippen molar-refractivity contribution in [1.82, 2.24) is 0 Å². The van der Waals surface area contributed by atoms with Gasteiger partial charge in [0.25, 0.3) is 0 Å². The van der Waals surface area contributed by atoms with Gasteiger partial charge in [-0.05, 0) is 24.0 Å². The van der Waals surface area contributed by atoms with E-state index in [1.807, 2.05) is 12.1 Å². The highest BCUT2D eigenvalue weighted by Crippen LogP contribution is 2.12. The molecule has 0 heterocycles. The molecule has 1 aromatic rings. The van der Waals surface area contributed by atoms with Gasteiger partial charge in [0.2, 0.25) is 0 Å². The number of carbonyl (C=O) groups excluding carboxylic acids is 1. The first-order valence-corrected chi connectivity index (χ1v) is 9.49. The summed E-state index contributed by atoms with van der Waals surface area (Å²) in [6, 6.07) is 8.27. The van der Waals surface area contributed by atoms with Crippen LogP contribution in [0.1, 0.15) is 89.2 Å². The maximum absolute atomic E-state index is 11.8. The lowest BCUT2D eigenvalue weighted by molar-refractivity contribution is -0.145. The molecule has 0 saturated carbocycles. The van der Waals surface area contributed by atoms with Crippen molar-refractivity contribution in [1.29, 1.82) is 0 Å². The Bertz CT molecular complexity index is 426. The first-order valence-electron chi connectivity index (χ1n) is 9.49. The lowest BCUT2D eigenvalue weighted by Gasteiger charge is -2.06.